The number of ether oxygens (including phenoxy) is 5. The average molecular weight is 595 g/mol. The molecule has 2 unspecified atom stereocenters. The third-order valence-electron chi connectivity index (χ3n) is 7.38. The number of benzene rings is 3. The Morgan fingerprint density at radius 2 is 1.77 bits per heavy atom. The maximum atomic E-state index is 14.4. The summed E-state index contributed by atoms with van der Waals surface area (Å²) >= 11 is 0. The molecule has 2 atom stereocenters. The number of rotatable bonds is 17. The van der Waals surface area contributed by atoms with Crippen molar-refractivity contribution in [2.45, 2.75) is 44.8 Å². The highest BCUT2D eigenvalue weighted by Gasteiger charge is 2.27. The van der Waals surface area contributed by atoms with E-state index < -0.39 is 0 Å². The van der Waals surface area contributed by atoms with Crippen LogP contribution in [-0.2, 0) is 27.3 Å². The van der Waals surface area contributed by atoms with Gasteiger partial charge in [-0.15, -0.1) is 0 Å². The molecule has 0 spiro atoms. The van der Waals surface area contributed by atoms with Gasteiger partial charge in [0.2, 0.25) is 5.91 Å². The monoisotopic (exact) mass is 594 g/mol. The first kappa shape index (κ1) is 32.3. The standard InChI is InChI=1S/C34H43FN2O6/c1-25(38)37-18-16-30-31(35)8-5-10-33(30)42-21-22-43-34-23-36-17-15-29(34)26-11-13-28(14-12-26)41-20-6-19-40-24-27-7-3-4-9-32(27)39-2/h3-5,7-14,29,34,36H,6,15-24H2,1-2H3,(H,37,38). The number of nitrogens with one attached hydrogen (secondary N) is 2. The molecule has 1 amide bonds. The number of carbonyl (C=O) groups excluding carboxylic acids is 1. The molecule has 43 heavy (non-hydrogen) atoms. The summed E-state index contributed by atoms with van der Waals surface area (Å²) in [5.74, 6) is 1.91. The van der Waals surface area contributed by atoms with Crippen molar-refractivity contribution in [3.05, 3.63) is 89.2 Å². The quantitative estimate of drug-likeness (QED) is 0.212. The van der Waals surface area contributed by atoms with Crippen molar-refractivity contribution in [3.8, 4) is 17.2 Å². The zero-order valence-corrected chi connectivity index (χ0v) is 25.1. The highest BCUT2D eigenvalue weighted by Crippen LogP contribution is 2.29. The normalized spacial score (nSPS) is 16.4. The molecule has 1 saturated heterocycles. The maximum absolute atomic E-state index is 14.4. The Morgan fingerprint density at radius 1 is 0.953 bits per heavy atom. The van der Waals surface area contributed by atoms with Gasteiger partial charge >= 0.3 is 0 Å². The topological polar surface area (TPSA) is 87.3 Å². The summed E-state index contributed by atoms with van der Waals surface area (Å²) in [4.78, 5) is 11.2. The van der Waals surface area contributed by atoms with Gasteiger partial charge in [0.25, 0.3) is 0 Å². The summed E-state index contributed by atoms with van der Waals surface area (Å²) in [6.07, 6.45) is 2.10. The summed E-state index contributed by atoms with van der Waals surface area (Å²) in [7, 11) is 1.66. The van der Waals surface area contributed by atoms with Crippen LogP contribution in [0.15, 0.2) is 66.7 Å². The van der Waals surface area contributed by atoms with Gasteiger partial charge in [0.1, 0.15) is 29.7 Å². The second-order valence-corrected chi connectivity index (χ2v) is 10.4. The van der Waals surface area contributed by atoms with E-state index in [1.165, 1.54) is 18.6 Å². The summed E-state index contributed by atoms with van der Waals surface area (Å²) in [5.41, 5.74) is 2.70. The molecule has 1 aliphatic rings. The number of para-hydroxylation sites is 1. The van der Waals surface area contributed by atoms with Gasteiger partial charge in [-0.1, -0.05) is 36.4 Å². The summed E-state index contributed by atoms with van der Waals surface area (Å²) < 4.78 is 43.6. The van der Waals surface area contributed by atoms with Crippen molar-refractivity contribution in [1.29, 1.82) is 0 Å². The SMILES string of the molecule is COc1ccccc1COCCCOc1ccc(C2CCNCC2OCCOc2cccc(F)c2CCNC(C)=O)cc1. The van der Waals surface area contributed by atoms with Crippen LogP contribution < -0.4 is 24.8 Å². The number of carbonyl (C=O) groups is 1. The van der Waals surface area contributed by atoms with Crippen LogP contribution in [0, 0.1) is 5.82 Å². The van der Waals surface area contributed by atoms with Gasteiger partial charge in [-0.05, 0) is 55.3 Å². The van der Waals surface area contributed by atoms with Crippen molar-refractivity contribution >= 4 is 5.91 Å². The Balaban J connectivity index is 1.18. The molecule has 4 rings (SSSR count). The van der Waals surface area contributed by atoms with E-state index in [0.29, 0.717) is 57.3 Å². The van der Waals surface area contributed by atoms with Gasteiger partial charge < -0.3 is 34.3 Å². The van der Waals surface area contributed by atoms with E-state index in [4.69, 9.17) is 23.7 Å². The van der Waals surface area contributed by atoms with Crippen LogP contribution in [0.25, 0.3) is 0 Å². The molecule has 3 aromatic carbocycles. The van der Waals surface area contributed by atoms with Crippen LogP contribution in [0.4, 0.5) is 4.39 Å². The highest BCUT2D eigenvalue weighted by molar-refractivity contribution is 5.72. The molecule has 0 aromatic heterocycles. The van der Waals surface area contributed by atoms with Crippen LogP contribution >= 0.6 is 0 Å². The number of halogens is 1. The Hall–Kier alpha value is -3.66. The zero-order chi connectivity index (χ0) is 30.3. The first-order valence-corrected chi connectivity index (χ1v) is 14.9. The van der Waals surface area contributed by atoms with Crippen molar-refractivity contribution < 1.29 is 32.9 Å². The lowest BCUT2D eigenvalue weighted by Crippen LogP contribution is -2.41. The fourth-order valence-electron chi connectivity index (χ4n) is 5.18. The fraction of sp³-hybridized carbons (Fsp3) is 0.441. The predicted octanol–water partition coefficient (Wildman–Crippen LogP) is 5.04. The van der Waals surface area contributed by atoms with Crippen LogP contribution in [0.3, 0.4) is 0 Å². The molecule has 2 N–H and O–H groups in total. The van der Waals surface area contributed by atoms with Gasteiger partial charge in [-0.2, -0.15) is 0 Å². The number of hydrogen-bond acceptors (Lipinski definition) is 7. The van der Waals surface area contributed by atoms with Gasteiger partial charge in [0.15, 0.2) is 0 Å². The van der Waals surface area contributed by atoms with E-state index in [9.17, 15) is 9.18 Å². The third-order valence-corrected chi connectivity index (χ3v) is 7.38. The van der Waals surface area contributed by atoms with Crippen LogP contribution in [0.5, 0.6) is 17.2 Å². The zero-order valence-electron chi connectivity index (χ0n) is 25.1. The molecule has 8 nitrogen and oxygen atoms in total. The van der Waals surface area contributed by atoms with Gasteiger partial charge in [0, 0.05) is 43.5 Å². The van der Waals surface area contributed by atoms with Crippen LogP contribution in [-0.4, -0.2) is 65.2 Å². The smallest absolute Gasteiger partial charge is 0.216 e. The Morgan fingerprint density at radius 3 is 2.58 bits per heavy atom. The highest BCUT2D eigenvalue weighted by atomic mass is 19.1. The molecule has 9 heteroatoms. The van der Waals surface area contributed by atoms with Gasteiger partial charge in [0.05, 0.1) is 39.6 Å². The molecule has 0 saturated carbocycles. The third kappa shape index (κ3) is 10.2. The van der Waals surface area contributed by atoms with E-state index in [0.717, 1.165) is 43.0 Å². The van der Waals surface area contributed by atoms with Gasteiger partial charge in [-0.25, -0.2) is 4.39 Å². The number of hydrogen-bond donors (Lipinski definition) is 2. The molecule has 0 aliphatic carbocycles. The lowest BCUT2D eigenvalue weighted by atomic mass is 9.88. The molecular weight excluding hydrogens is 551 g/mol. The Kier molecular flexibility index (Phi) is 13.1. The second kappa shape index (κ2) is 17.5. The summed E-state index contributed by atoms with van der Waals surface area (Å²) in [6.45, 7) is 5.83. The first-order chi connectivity index (χ1) is 21.0. The minimum atomic E-state index is -0.342. The number of methoxy groups -OCH3 is 1. The minimum Gasteiger partial charge on any atom is -0.496 e. The van der Waals surface area contributed by atoms with Crippen molar-refractivity contribution in [2.24, 2.45) is 0 Å². The Labute approximate surface area is 253 Å². The fourth-order valence-corrected chi connectivity index (χ4v) is 5.18. The molecule has 3 aromatic rings. The summed E-state index contributed by atoms with van der Waals surface area (Å²) in [6, 6.07) is 20.9. The molecule has 1 fully saturated rings. The lowest BCUT2D eigenvalue weighted by Gasteiger charge is -2.32. The number of piperidine rings is 1. The maximum Gasteiger partial charge on any atom is 0.216 e. The van der Waals surface area contributed by atoms with E-state index >= 15 is 0 Å². The van der Waals surface area contributed by atoms with Crippen LogP contribution in [0.2, 0.25) is 0 Å². The molecule has 232 valence electrons. The van der Waals surface area contributed by atoms with Crippen molar-refractivity contribution in [1.82, 2.24) is 10.6 Å². The first-order valence-electron chi connectivity index (χ1n) is 14.9. The Bertz CT molecular complexity index is 1270. The molecule has 0 radical (unpaired) electrons. The molecular formula is C34H43FN2O6. The molecule has 1 aliphatic heterocycles. The van der Waals surface area contributed by atoms with E-state index in [2.05, 4.69) is 22.8 Å². The second-order valence-electron chi connectivity index (χ2n) is 10.4. The van der Waals surface area contributed by atoms with E-state index in [-0.39, 0.29) is 23.7 Å². The minimum absolute atomic E-state index is 0.00347. The van der Waals surface area contributed by atoms with E-state index in [1.807, 2.05) is 36.4 Å². The van der Waals surface area contributed by atoms with Gasteiger partial charge in [-0.3, -0.25) is 4.79 Å². The number of amides is 1. The van der Waals surface area contributed by atoms with Crippen molar-refractivity contribution in [2.75, 3.05) is 53.2 Å². The molecule has 1 heterocycles. The predicted molar refractivity (Wildman–Crippen MR) is 163 cm³/mol. The average Bonchev–Trinajstić information content (AvgIpc) is 3.02. The largest absolute Gasteiger partial charge is 0.496 e. The van der Waals surface area contributed by atoms with E-state index in [1.54, 1.807) is 19.2 Å². The lowest BCUT2D eigenvalue weighted by molar-refractivity contribution is -0.118. The van der Waals surface area contributed by atoms with Crippen LogP contribution in [0.1, 0.15) is 42.4 Å². The summed E-state index contributed by atoms with van der Waals surface area (Å²) in [5, 5.41) is 6.12. The van der Waals surface area contributed by atoms with Crippen molar-refractivity contribution in [3.63, 3.8) is 0 Å². The molecule has 0 bridgehead atoms.